The van der Waals surface area contributed by atoms with E-state index in [1.807, 2.05) is 36.4 Å². The van der Waals surface area contributed by atoms with Crippen molar-refractivity contribution in [2.75, 3.05) is 13.7 Å². The van der Waals surface area contributed by atoms with Crippen LogP contribution in [0.5, 0.6) is 0 Å². The molecule has 35 heavy (non-hydrogen) atoms. The van der Waals surface area contributed by atoms with Gasteiger partial charge in [0.25, 0.3) is 5.91 Å². The fourth-order valence-corrected chi connectivity index (χ4v) is 5.59. The average Bonchev–Trinajstić information content (AvgIpc) is 3.37. The van der Waals surface area contributed by atoms with E-state index in [2.05, 4.69) is 40.9 Å². The van der Waals surface area contributed by atoms with Gasteiger partial charge in [0.2, 0.25) is 0 Å². The van der Waals surface area contributed by atoms with Gasteiger partial charge < -0.3 is 15.4 Å². The number of nitrogens with zero attached hydrogens (tertiary/aromatic N) is 1. The Morgan fingerprint density at radius 3 is 2.74 bits per heavy atom. The number of methoxy groups -OCH3 is 1. The normalized spacial score (nSPS) is 26.0. The Hall–Kier alpha value is -2.35. The second kappa shape index (κ2) is 12.1. The molecule has 7 heteroatoms. The third-order valence-electron chi connectivity index (χ3n) is 6.54. The van der Waals surface area contributed by atoms with Crippen molar-refractivity contribution < 1.29 is 13.9 Å². The SMILES string of the molecule is COC1C=C(C2=CSC(N(Cc3ccc(C(=O)NCC(C)C)cc3)C3C=CC=CC3F)N2)CCC1. The minimum Gasteiger partial charge on any atom is -0.377 e. The number of carbonyl (C=O) groups excluding carboxylic acids is 1. The fraction of sp³-hybridized carbons (Fsp3) is 0.464. The van der Waals surface area contributed by atoms with Gasteiger partial charge in [0.15, 0.2) is 0 Å². The number of hydrogen-bond donors (Lipinski definition) is 2. The van der Waals surface area contributed by atoms with E-state index < -0.39 is 6.17 Å². The number of amides is 1. The Morgan fingerprint density at radius 2 is 2.03 bits per heavy atom. The van der Waals surface area contributed by atoms with Crippen LogP contribution < -0.4 is 10.6 Å². The molecule has 1 amide bonds. The molecule has 0 fully saturated rings. The summed E-state index contributed by atoms with van der Waals surface area (Å²) in [5.74, 6) is 0.334. The summed E-state index contributed by atoms with van der Waals surface area (Å²) in [5, 5.41) is 8.74. The van der Waals surface area contributed by atoms with Gasteiger partial charge in [-0.05, 0) is 59.9 Å². The predicted molar refractivity (Wildman–Crippen MR) is 141 cm³/mol. The Balaban J connectivity index is 1.47. The molecule has 0 spiro atoms. The number of halogens is 1. The van der Waals surface area contributed by atoms with Gasteiger partial charge >= 0.3 is 0 Å². The van der Waals surface area contributed by atoms with Gasteiger partial charge in [0.05, 0.1) is 12.1 Å². The third-order valence-corrected chi connectivity index (χ3v) is 7.56. The number of hydrogen-bond acceptors (Lipinski definition) is 5. The second-order valence-corrected chi connectivity index (χ2v) is 10.7. The van der Waals surface area contributed by atoms with Crippen molar-refractivity contribution in [2.45, 2.75) is 63.5 Å². The Labute approximate surface area is 212 Å². The van der Waals surface area contributed by atoms with Crippen molar-refractivity contribution in [3.8, 4) is 0 Å². The number of rotatable bonds is 9. The Morgan fingerprint density at radius 1 is 1.26 bits per heavy atom. The second-order valence-electron chi connectivity index (χ2n) is 9.70. The van der Waals surface area contributed by atoms with Gasteiger partial charge in [-0.1, -0.05) is 62.0 Å². The number of benzene rings is 1. The molecule has 4 atom stereocenters. The van der Waals surface area contributed by atoms with Crippen LogP contribution in [0.3, 0.4) is 0 Å². The van der Waals surface area contributed by atoms with Gasteiger partial charge in [-0.3, -0.25) is 9.69 Å². The monoisotopic (exact) mass is 497 g/mol. The summed E-state index contributed by atoms with van der Waals surface area (Å²) in [6.07, 6.45) is 11.7. The molecule has 0 saturated carbocycles. The van der Waals surface area contributed by atoms with Gasteiger partial charge in [-0.25, -0.2) is 4.39 Å². The van der Waals surface area contributed by atoms with Crippen molar-refractivity contribution >= 4 is 17.7 Å². The summed E-state index contributed by atoms with van der Waals surface area (Å²) in [5.41, 5.74) is 3.95. The molecule has 0 bridgehead atoms. The minimum atomic E-state index is -1.08. The first-order valence-electron chi connectivity index (χ1n) is 12.4. The number of allylic oxidation sites excluding steroid dienone is 3. The van der Waals surface area contributed by atoms with E-state index in [1.54, 1.807) is 31.0 Å². The molecule has 0 radical (unpaired) electrons. The molecule has 1 aromatic carbocycles. The van der Waals surface area contributed by atoms with E-state index in [0.29, 0.717) is 24.6 Å². The van der Waals surface area contributed by atoms with Crippen molar-refractivity contribution in [3.05, 3.63) is 82.5 Å². The molecule has 5 nitrogen and oxygen atoms in total. The fourth-order valence-electron chi connectivity index (χ4n) is 4.54. The lowest BCUT2D eigenvalue weighted by Gasteiger charge is -2.37. The van der Waals surface area contributed by atoms with Crippen LogP contribution in [0.25, 0.3) is 0 Å². The summed E-state index contributed by atoms with van der Waals surface area (Å²) < 4.78 is 20.6. The highest BCUT2D eigenvalue weighted by molar-refractivity contribution is 8.02. The molecule has 4 unspecified atom stereocenters. The summed E-state index contributed by atoms with van der Waals surface area (Å²) in [6.45, 7) is 5.35. The first-order chi connectivity index (χ1) is 16.9. The highest BCUT2D eigenvalue weighted by atomic mass is 32.2. The van der Waals surface area contributed by atoms with E-state index in [9.17, 15) is 4.79 Å². The zero-order chi connectivity index (χ0) is 24.8. The van der Waals surface area contributed by atoms with Crippen LogP contribution in [-0.4, -0.2) is 48.3 Å². The zero-order valence-corrected chi connectivity index (χ0v) is 21.6. The number of alkyl halides is 1. The average molecular weight is 498 g/mol. The van der Waals surface area contributed by atoms with Gasteiger partial charge in [0.1, 0.15) is 11.7 Å². The van der Waals surface area contributed by atoms with Crippen LogP contribution in [0.4, 0.5) is 4.39 Å². The van der Waals surface area contributed by atoms with Crippen molar-refractivity contribution in [1.29, 1.82) is 0 Å². The number of thioether (sulfide) groups is 1. The molecule has 2 N–H and O–H groups in total. The largest absolute Gasteiger partial charge is 0.377 e. The molecule has 1 aliphatic heterocycles. The first kappa shape index (κ1) is 25.7. The molecular formula is C28H36FN3O2S. The maximum Gasteiger partial charge on any atom is 0.251 e. The molecule has 188 valence electrons. The lowest BCUT2D eigenvalue weighted by molar-refractivity contribution is 0.0949. The topological polar surface area (TPSA) is 53.6 Å². The summed E-state index contributed by atoms with van der Waals surface area (Å²) in [6, 6.07) is 7.26. The maximum absolute atomic E-state index is 15.0. The lowest BCUT2D eigenvalue weighted by Crippen LogP contribution is -2.49. The van der Waals surface area contributed by atoms with Gasteiger partial charge in [-0.2, -0.15) is 0 Å². The highest BCUT2D eigenvalue weighted by Gasteiger charge is 2.34. The zero-order valence-electron chi connectivity index (χ0n) is 20.7. The Kier molecular flexibility index (Phi) is 8.87. The van der Waals surface area contributed by atoms with E-state index in [-0.39, 0.29) is 23.6 Å². The molecule has 2 aliphatic carbocycles. The third kappa shape index (κ3) is 6.66. The molecule has 4 rings (SSSR count). The van der Waals surface area contributed by atoms with Gasteiger partial charge in [-0.15, -0.1) is 0 Å². The molecule has 0 saturated heterocycles. The van der Waals surface area contributed by atoms with Crippen LogP contribution >= 0.6 is 11.8 Å². The maximum atomic E-state index is 15.0. The van der Waals surface area contributed by atoms with E-state index in [4.69, 9.17) is 4.74 Å². The molecule has 3 aliphatic rings. The van der Waals surface area contributed by atoms with Crippen LogP contribution in [0.2, 0.25) is 0 Å². The standard InChI is InChI=1S/C28H36FN3O2S/c1-19(2)16-30-27(33)21-13-11-20(12-14-21)17-32(26-10-5-4-9-24(26)29)28-31-25(18-35-28)22-7-6-8-23(15-22)34-3/h4-5,9-15,18-19,23-24,26,28,31H,6-8,16-17H2,1-3H3,(H,30,33). The highest BCUT2D eigenvalue weighted by Crippen LogP contribution is 2.35. The lowest BCUT2D eigenvalue weighted by atomic mass is 9.95. The van der Waals surface area contributed by atoms with E-state index >= 15 is 4.39 Å². The summed E-state index contributed by atoms with van der Waals surface area (Å²) >= 11 is 1.68. The number of nitrogens with one attached hydrogen (secondary N) is 2. The van der Waals surface area contributed by atoms with Crippen LogP contribution in [-0.2, 0) is 11.3 Å². The molecule has 1 heterocycles. The van der Waals surface area contributed by atoms with E-state index in [0.717, 1.165) is 30.5 Å². The summed E-state index contributed by atoms with van der Waals surface area (Å²) in [4.78, 5) is 14.5. The van der Waals surface area contributed by atoms with Crippen LogP contribution in [0.1, 0.15) is 49.0 Å². The Bertz CT molecular complexity index is 1000. The number of ether oxygens (including phenoxy) is 1. The summed E-state index contributed by atoms with van der Waals surface area (Å²) in [7, 11) is 1.75. The molecule has 1 aromatic rings. The first-order valence-corrected chi connectivity index (χ1v) is 13.4. The molecular weight excluding hydrogens is 461 g/mol. The smallest absolute Gasteiger partial charge is 0.251 e. The van der Waals surface area contributed by atoms with Crippen LogP contribution in [0, 0.1) is 5.92 Å². The van der Waals surface area contributed by atoms with Crippen molar-refractivity contribution in [2.24, 2.45) is 5.92 Å². The quantitative estimate of drug-likeness (QED) is 0.485. The van der Waals surface area contributed by atoms with Crippen LogP contribution in [0.15, 0.2) is 71.3 Å². The van der Waals surface area contributed by atoms with Crippen molar-refractivity contribution in [3.63, 3.8) is 0 Å². The van der Waals surface area contributed by atoms with Gasteiger partial charge in [0, 0.05) is 31.5 Å². The predicted octanol–water partition coefficient (Wildman–Crippen LogP) is 5.29. The minimum absolute atomic E-state index is 0.0664. The molecule has 0 aromatic heterocycles. The van der Waals surface area contributed by atoms with Crippen molar-refractivity contribution in [1.82, 2.24) is 15.5 Å². The number of carbonyl (C=O) groups is 1. The van der Waals surface area contributed by atoms with E-state index in [1.165, 1.54) is 5.57 Å².